The summed E-state index contributed by atoms with van der Waals surface area (Å²) in [4.78, 5) is 0. The number of hydrogen-bond donors (Lipinski definition) is 2. The van der Waals surface area contributed by atoms with Crippen molar-refractivity contribution in [3.8, 4) is 0 Å². The zero-order valence-electron chi connectivity index (χ0n) is 12.7. The molecule has 0 aliphatic carbocycles. The van der Waals surface area contributed by atoms with Crippen LogP contribution in [0.2, 0.25) is 0 Å². The summed E-state index contributed by atoms with van der Waals surface area (Å²) in [6.07, 6.45) is -0.931. The first-order valence-electron chi connectivity index (χ1n) is 7.13. The number of aryl methyl sites for hydroxylation is 1. The van der Waals surface area contributed by atoms with Crippen LogP contribution in [0, 0.1) is 6.92 Å². The fourth-order valence-corrected chi connectivity index (χ4v) is 4.69. The molecule has 0 saturated heterocycles. The second-order valence-electron chi connectivity index (χ2n) is 5.41. The molecular formula is C16H21NO3S2. The fourth-order valence-electron chi connectivity index (χ4n) is 2.20. The fraction of sp³-hybridized carbons (Fsp3) is 0.375. The van der Waals surface area contributed by atoms with Gasteiger partial charge in [0.2, 0.25) is 0 Å². The summed E-state index contributed by atoms with van der Waals surface area (Å²) >= 11 is 1.18. The van der Waals surface area contributed by atoms with Gasteiger partial charge >= 0.3 is 0 Å². The van der Waals surface area contributed by atoms with Gasteiger partial charge in [0.25, 0.3) is 0 Å². The molecule has 0 fully saturated rings. The standard InChI is InChI=1S/C16H21NO3S2/c1-12-5-3-6-14(9-12)13(2)17-10-15(18)11-22(19,20)16-7-4-8-21-16/h3-9,13,15,17-18H,10-11H2,1-2H3. The van der Waals surface area contributed by atoms with E-state index in [1.165, 1.54) is 16.9 Å². The number of benzene rings is 1. The molecule has 2 aromatic rings. The first kappa shape index (κ1) is 17.1. The minimum Gasteiger partial charge on any atom is -0.391 e. The van der Waals surface area contributed by atoms with Crippen LogP contribution in [0.15, 0.2) is 46.0 Å². The maximum absolute atomic E-state index is 12.1. The van der Waals surface area contributed by atoms with Crippen LogP contribution in [0.3, 0.4) is 0 Å². The molecule has 120 valence electrons. The lowest BCUT2D eigenvalue weighted by atomic mass is 10.1. The van der Waals surface area contributed by atoms with E-state index in [1.807, 2.05) is 32.0 Å². The predicted octanol–water partition coefficient (Wildman–Crippen LogP) is 2.54. The third kappa shape index (κ3) is 4.64. The second-order valence-corrected chi connectivity index (χ2v) is 8.62. The van der Waals surface area contributed by atoms with Gasteiger partial charge < -0.3 is 10.4 Å². The molecular weight excluding hydrogens is 318 g/mol. The highest BCUT2D eigenvalue weighted by atomic mass is 32.2. The molecule has 6 heteroatoms. The maximum Gasteiger partial charge on any atom is 0.190 e. The average molecular weight is 339 g/mol. The molecule has 2 atom stereocenters. The third-order valence-corrected chi connectivity index (χ3v) is 6.70. The van der Waals surface area contributed by atoms with Gasteiger partial charge in [-0.15, -0.1) is 11.3 Å². The Morgan fingerprint density at radius 3 is 2.68 bits per heavy atom. The van der Waals surface area contributed by atoms with Crippen LogP contribution < -0.4 is 5.32 Å². The monoisotopic (exact) mass is 339 g/mol. The van der Waals surface area contributed by atoms with Crippen molar-refractivity contribution >= 4 is 21.2 Å². The highest BCUT2D eigenvalue weighted by Gasteiger charge is 2.21. The first-order chi connectivity index (χ1) is 10.4. The van der Waals surface area contributed by atoms with E-state index in [4.69, 9.17) is 0 Å². The minimum atomic E-state index is -3.41. The molecule has 2 rings (SSSR count). The highest BCUT2D eigenvalue weighted by molar-refractivity contribution is 7.93. The molecule has 0 bridgehead atoms. The van der Waals surface area contributed by atoms with Gasteiger partial charge in [-0.2, -0.15) is 0 Å². The molecule has 22 heavy (non-hydrogen) atoms. The molecule has 0 amide bonds. The lowest BCUT2D eigenvalue weighted by Crippen LogP contribution is -2.33. The van der Waals surface area contributed by atoms with Crippen LogP contribution in [-0.2, 0) is 9.84 Å². The quantitative estimate of drug-likeness (QED) is 0.813. The van der Waals surface area contributed by atoms with Crippen molar-refractivity contribution < 1.29 is 13.5 Å². The van der Waals surface area contributed by atoms with Crippen molar-refractivity contribution in [3.63, 3.8) is 0 Å². The van der Waals surface area contributed by atoms with Gasteiger partial charge in [-0.3, -0.25) is 0 Å². The number of hydrogen-bond acceptors (Lipinski definition) is 5. The maximum atomic E-state index is 12.1. The van der Waals surface area contributed by atoms with Crippen molar-refractivity contribution in [1.82, 2.24) is 5.32 Å². The summed E-state index contributed by atoms with van der Waals surface area (Å²) in [5.41, 5.74) is 2.29. The molecule has 1 heterocycles. The van der Waals surface area contributed by atoms with Crippen molar-refractivity contribution in [2.24, 2.45) is 0 Å². The summed E-state index contributed by atoms with van der Waals surface area (Å²) in [7, 11) is -3.41. The van der Waals surface area contributed by atoms with E-state index in [2.05, 4.69) is 11.4 Å². The van der Waals surface area contributed by atoms with Gasteiger partial charge in [0.15, 0.2) is 9.84 Å². The topological polar surface area (TPSA) is 66.4 Å². The molecule has 2 N–H and O–H groups in total. The Kier molecular flexibility index (Phi) is 5.74. The van der Waals surface area contributed by atoms with E-state index in [0.29, 0.717) is 4.21 Å². The highest BCUT2D eigenvalue weighted by Crippen LogP contribution is 2.18. The molecule has 0 aliphatic rings. The van der Waals surface area contributed by atoms with Gasteiger partial charge in [-0.05, 0) is 30.9 Å². The average Bonchev–Trinajstić information content (AvgIpc) is 2.99. The summed E-state index contributed by atoms with van der Waals surface area (Å²) in [5, 5.41) is 14.9. The summed E-state index contributed by atoms with van der Waals surface area (Å²) in [6.45, 7) is 4.26. The van der Waals surface area contributed by atoms with Crippen LogP contribution in [0.4, 0.5) is 0 Å². The van der Waals surface area contributed by atoms with Gasteiger partial charge in [-0.1, -0.05) is 35.9 Å². The molecule has 0 spiro atoms. The Balaban J connectivity index is 1.89. The van der Waals surface area contributed by atoms with Crippen LogP contribution in [0.25, 0.3) is 0 Å². The smallest absolute Gasteiger partial charge is 0.190 e. The zero-order chi connectivity index (χ0) is 16.2. The van der Waals surface area contributed by atoms with Crippen LogP contribution in [0.5, 0.6) is 0 Å². The van der Waals surface area contributed by atoms with Gasteiger partial charge in [0.05, 0.1) is 11.9 Å². The van der Waals surface area contributed by atoms with Gasteiger partial charge in [-0.25, -0.2) is 8.42 Å². The number of sulfone groups is 1. The lowest BCUT2D eigenvalue weighted by Gasteiger charge is -2.17. The van der Waals surface area contributed by atoms with E-state index in [9.17, 15) is 13.5 Å². The van der Waals surface area contributed by atoms with Gasteiger partial charge in [0.1, 0.15) is 4.21 Å². The third-order valence-electron chi connectivity index (χ3n) is 3.42. The van der Waals surface area contributed by atoms with E-state index < -0.39 is 15.9 Å². The number of aliphatic hydroxyl groups is 1. The largest absolute Gasteiger partial charge is 0.391 e. The Hall–Kier alpha value is -1.21. The van der Waals surface area contributed by atoms with Crippen LogP contribution in [0.1, 0.15) is 24.1 Å². The van der Waals surface area contributed by atoms with Crippen LogP contribution in [-0.4, -0.2) is 31.9 Å². The Morgan fingerprint density at radius 1 is 1.27 bits per heavy atom. The summed E-state index contributed by atoms with van der Waals surface area (Å²) < 4.78 is 24.5. The molecule has 4 nitrogen and oxygen atoms in total. The minimum absolute atomic E-state index is 0.0546. The number of nitrogens with one attached hydrogen (secondary N) is 1. The SMILES string of the molecule is Cc1cccc(C(C)NCC(O)CS(=O)(=O)c2cccs2)c1. The molecule has 1 aromatic heterocycles. The number of aliphatic hydroxyl groups excluding tert-OH is 1. The second kappa shape index (κ2) is 7.37. The van der Waals surface area contributed by atoms with Crippen molar-refractivity contribution in [2.75, 3.05) is 12.3 Å². The lowest BCUT2D eigenvalue weighted by molar-refractivity contribution is 0.189. The molecule has 0 aliphatic heterocycles. The van der Waals surface area contributed by atoms with Crippen molar-refractivity contribution in [1.29, 1.82) is 0 Å². The Morgan fingerprint density at radius 2 is 2.05 bits per heavy atom. The van der Waals surface area contributed by atoms with Crippen LogP contribution >= 0.6 is 11.3 Å². The Bertz CT molecular complexity index is 696. The zero-order valence-corrected chi connectivity index (χ0v) is 14.3. The van der Waals surface area contributed by atoms with E-state index in [-0.39, 0.29) is 18.3 Å². The number of rotatable bonds is 7. The van der Waals surface area contributed by atoms with Crippen molar-refractivity contribution in [2.45, 2.75) is 30.2 Å². The summed E-state index contributed by atoms with van der Waals surface area (Å²) in [5.74, 6) is -0.263. The molecule has 0 radical (unpaired) electrons. The number of thiophene rings is 1. The molecule has 1 aromatic carbocycles. The van der Waals surface area contributed by atoms with E-state index in [1.54, 1.807) is 17.5 Å². The predicted molar refractivity (Wildman–Crippen MR) is 90.0 cm³/mol. The normalized spacial score (nSPS) is 14.7. The first-order valence-corrected chi connectivity index (χ1v) is 9.66. The van der Waals surface area contributed by atoms with E-state index in [0.717, 1.165) is 5.56 Å². The molecule has 2 unspecified atom stereocenters. The van der Waals surface area contributed by atoms with E-state index >= 15 is 0 Å². The molecule has 0 saturated carbocycles. The van der Waals surface area contributed by atoms with Gasteiger partial charge in [0, 0.05) is 12.6 Å². The summed E-state index contributed by atoms with van der Waals surface area (Å²) in [6, 6.07) is 11.4. The van der Waals surface area contributed by atoms with Crippen molar-refractivity contribution in [3.05, 3.63) is 52.9 Å². The Labute approximate surface area is 135 Å².